The van der Waals surface area contributed by atoms with E-state index in [1.807, 2.05) is 0 Å². The minimum Gasteiger partial charge on any atom is -0.236 e. The highest BCUT2D eigenvalue weighted by Crippen LogP contribution is 2.47. The highest BCUT2D eigenvalue weighted by atomic mass is 33.5. The maximum Gasteiger partial charge on any atom is 0.141 e. The summed E-state index contributed by atoms with van der Waals surface area (Å²) in [5.41, 5.74) is 0. The van der Waals surface area contributed by atoms with Crippen LogP contribution in [0.2, 0.25) is 0 Å². The number of hydrogen-bond donors (Lipinski definition) is 0. The van der Waals surface area contributed by atoms with Gasteiger partial charge in [0.25, 0.3) is 0 Å². The van der Waals surface area contributed by atoms with Gasteiger partial charge in [-0.2, -0.15) is 0 Å². The van der Waals surface area contributed by atoms with E-state index in [2.05, 4.69) is 0 Å². The molecule has 0 amide bonds. The molecule has 2 rings (SSSR count). The average molecular weight is 222 g/mol. The summed E-state index contributed by atoms with van der Waals surface area (Å²) >= 11 is 0. The summed E-state index contributed by atoms with van der Waals surface area (Å²) in [5, 5.41) is 1.41. The Hall–Kier alpha value is 0.850. The molecule has 70 valence electrons. The van der Waals surface area contributed by atoms with Gasteiger partial charge in [0.2, 0.25) is 0 Å². The van der Waals surface area contributed by atoms with Gasteiger partial charge >= 0.3 is 0 Å². The van der Waals surface area contributed by atoms with Crippen LogP contribution in [-0.4, -0.2) is 14.7 Å². The van der Waals surface area contributed by atoms with Gasteiger partial charge in [-0.1, -0.05) is 25.7 Å². The summed E-state index contributed by atoms with van der Waals surface area (Å²) in [6.07, 6.45) is 8.09. The van der Waals surface area contributed by atoms with Crippen molar-refractivity contribution in [3.05, 3.63) is 0 Å². The molecule has 2 fully saturated rings. The Bertz CT molecular complexity index is 165. The Balaban J connectivity index is 1.96. The fourth-order valence-corrected chi connectivity index (χ4v) is 9.07. The molecule has 1 heterocycles. The van der Waals surface area contributed by atoms with E-state index in [0.29, 0.717) is 10.5 Å². The molecular weight excluding hydrogens is 208 g/mol. The third-order valence-corrected chi connectivity index (χ3v) is 8.50. The molecule has 4 heteroatoms. The first-order valence-electron chi connectivity index (χ1n) is 4.62. The fraction of sp³-hybridized carbons (Fsp3) is 1.00. The van der Waals surface area contributed by atoms with E-state index in [1.165, 1.54) is 38.5 Å². The van der Waals surface area contributed by atoms with Crippen LogP contribution < -0.4 is 0 Å². The second kappa shape index (κ2) is 4.38. The van der Waals surface area contributed by atoms with Gasteiger partial charge in [0.1, 0.15) is 8.86 Å². The van der Waals surface area contributed by atoms with Crippen LogP contribution in [0, 0.1) is 0 Å². The molecular formula is C8H14OS3. The molecule has 2 aliphatic rings. The molecule has 1 aliphatic carbocycles. The van der Waals surface area contributed by atoms with E-state index >= 15 is 0 Å². The topological polar surface area (TPSA) is 17.1 Å². The van der Waals surface area contributed by atoms with Crippen LogP contribution >= 0.6 is 21.6 Å². The molecule has 2 atom stereocenters. The van der Waals surface area contributed by atoms with Crippen LogP contribution in [-0.2, 0) is 8.86 Å². The van der Waals surface area contributed by atoms with Crippen LogP contribution in [0.4, 0.5) is 0 Å². The third kappa shape index (κ3) is 2.20. The van der Waals surface area contributed by atoms with E-state index in [-0.39, 0.29) is 0 Å². The lowest BCUT2D eigenvalue weighted by Crippen LogP contribution is -2.16. The molecule has 1 nitrogen and oxygen atoms in total. The first-order chi connectivity index (χ1) is 5.86. The van der Waals surface area contributed by atoms with Gasteiger partial charge in [-0.25, -0.2) is 4.21 Å². The second-order valence-electron chi connectivity index (χ2n) is 3.47. The minimum atomic E-state index is -0.625. The van der Waals surface area contributed by atoms with Crippen molar-refractivity contribution >= 4 is 30.5 Å². The second-order valence-corrected chi connectivity index (χ2v) is 9.07. The molecule has 0 unspecified atom stereocenters. The van der Waals surface area contributed by atoms with Crippen molar-refractivity contribution in [2.24, 2.45) is 0 Å². The summed E-state index contributed by atoms with van der Waals surface area (Å²) < 4.78 is 11.3. The summed E-state index contributed by atoms with van der Waals surface area (Å²) in [5.74, 6) is 0. The lowest BCUT2D eigenvalue weighted by Gasteiger charge is -2.18. The molecule has 1 aliphatic heterocycles. The van der Waals surface area contributed by atoms with Crippen LogP contribution in [0.3, 0.4) is 0 Å². The number of rotatable bonds is 0. The normalized spacial score (nSPS) is 38.7. The number of hydrogen-bond acceptors (Lipinski definition) is 3. The van der Waals surface area contributed by atoms with Gasteiger partial charge in [0.15, 0.2) is 0 Å². The van der Waals surface area contributed by atoms with E-state index in [0.717, 1.165) is 0 Å². The number of fused-ring (bicyclic) bond motifs is 1. The SMILES string of the molecule is O=S1S[C@@H]2CCCCCC[C@H]2S1. The van der Waals surface area contributed by atoms with Crippen LogP contribution in [0.1, 0.15) is 38.5 Å². The molecule has 0 bridgehead atoms. The zero-order chi connectivity index (χ0) is 8.39. The van der Waals surface area contributed by atoms with E-state index in [4.69, 9.17) is 0 Å². The Morgan fingerprint density at radius 3 is 1.92 bits per heavy atom. The lowest BCUT2D eigenvalue weighted by molar-refractivity contribution is 0.524. The van der Waals surface area contributed by atoms with Crippen molar-refractivity contribution in [2.75, 3.05) is 0 Å². The molecule has 0 aromatic carbocycles. The maximum atomic E-state index is 11.3. The first kappa shape index (κ1) is 9.41. The van der Waals surface area contributed by atoms with Crippen molar-refractivity contribution in [3.8, 4) is 0 Å². The summed E-state index contributed by atoms with van der Waals surface area (Å²) in [4.78, 5) is 0. The van der Waals surface area contributed by atoms with Crippen LogP contribution in [0.15, 0.2) is 0 Å². The quantitative estimate of drug-likeness (QED) is 0.586. The monoisotopic (exact) mass is 222 g/mol. The van der Waals surface area contributed by atoms with Gasteiger partial charge in [0.05, 0.1) is 0 Å². The molecule has 1 saturated heterocycles. The fourth-order valence-electron chi connectivity index (χ4n) is 1.86. The minimum absolute atomic E-state index is 0.625. The molecule has 0 aromatic rings. The van der Waals surface area contributed by atoms with Gasteiger partial charge < -0.3 is 0 Å². The van der Waals surface area contributed by atoms with Gasteiger partial charge in [-0.15, -0.1) is 0 Å². The third-order valence-electron chi connectivity index (χ3n) is 2.55. The van der Waals surface area contributed by atoms with Crippen molar-refractivity contribution in [3.63, 3.8) is 0 Å². The Morgan fingerprint density at radius 2 is 1.42 bits per heavy atom. The maximum absolute atomic E-state index is 11.3. The van der Waals surface area contributed by atoms with E-state index in [1.54, 1.807) is 21.6 Å². The summed E-state index contributed by atoms with van der Waals surface area (Å²) in [6.45, 7) is 0. The van der Waals surface area contributed by atoms with Crippen molar-refractivity contribution in [2.45, 2.75) is 49.0 Å². The Labute approximate surface area is 83.7 Å². The highest BCUT2D eigenvalue weighted by molar-refractivity contribution is 9.03. The molecule has 12 heavy (non-hydrogen) atoms. The Morgan fingerprint density at radius 1 is 0.917 bits per heavy atom. The lowest BCUT2D eigenvalue weighted by atomic mass is 10.0. The van der Waals surface area contributed by atoms with Crippen molar-refractivity contribution in [1.29, 1.82) is 0 Å². The van der Waals surface area contributed by atoms with Crippen molar-refractivity contribution < 1.29 is 4.21 Å². The highest BCUT2D eigenvalue weighted by Gasteiger charge is 2.33. The van der Waals surface area contributed by atoms with Crippen LogP contribution in [0.25, 0.3) is 0 Å². The van der Waals surface area contributed by atoms with Gasteiger partial charge in [0, 0.05) is 10.5 Å². The standard InChI is InChI=1S/C8H14OS3/c9-12-10-7-5-3-1-2-4-6-8(7)11-12/h7-8H,1-6H2/t7-,8-/m1/s1. The summed E-state index contributed by atoms with van der Waals surface area (Å²) in [7, 11) is 2.79. The molecule has 0 aromatic heterocycles. The van der Waals surface area contributed by atoms with Crippen LogP contribution in [0.5, 0.6) is 0 Å². The van der Waals surface area contributed by atoms with Gasteiger partial charge in [-0.3, -0.25) is 0 Å². The van der Waals surface area contributed by atoms with E-state index < -0.39 is 8.86 Å². The zero-order valence-corrected chi connectivity index (χ0v) is 9.48. The predicted molar refractivity (Wildman–Crippen MR) is 58.6 cm³/mol. The van der Waals surface area contributed by atoms with Crippen molar-refractivity contribution in [1.82, 2.24) is 0 Å². The molecule has 0 spiro atoms. The average Bonchev–Trinajstić information content (AvgIpc) is 2.32. The zero-order valence-electron chi connectivity index (χ0n) is 7.03. The predicted octanol–water partition coefficient (Wildman–Crippen LogP) is 3.14. The largest absolute Gasteiger partial charge is 0.236 e. The first-order valence-corrected chi connectivity index (χ1v) is 8.56. The molecule has 0 radical (unpaired) electrons. The molecule has 0 N–H and O–H groups in total. The Kier molecular flexibility index (Phi) is 3.43. The summed E-state index contributed by atoms with van der Waals surface area (Å²) in [6, 6.07) is 0. The molecule has 1 saturated carbocycles. The van der Waals surface area contributed by atoms with E-state index in [9.17, 15) is 4.21 Å². The van der Waals surface area contributed by atoms with Gasteiger partial charge in [-0.05, 0) is 34.4 Å². The smallest absolute Gasteiger partial charge is 0.141 e.